The Labute approximate surface area is 190 Å². The SMILES string of the molecule is COC(C)(C)C#Cc1cnc2c(c1)[C@@]1(COC(N)=N1)c1cc(-c3ccc(F)nc3)ccc1O2. The number of hydrogen-bond donors (Lipinski definition) is 1. The Morgan fingerprint density at radius 1 is 1.09 bits per heavy atom. The zero-order valence-corrected chi connectivity index (χ0v) is 18.3. The molecule has 1 atom stereocenters. The van der Waals surface area contributed by atoms with Crippen LogP contribution in [0.5, 0.6) is 11.6 Å². The third-order valence-corrected chi connectivity index (χ3v) is 5.74. The maximum Gasteiger partial charge on any atom is 0.283 e. The average Bonchev–Trinajstić information content (AvgIpc) is 3.21. The van der Waals surface area contributed by atoms with Crippen LogP contribution in [0, 0.1) is 17.8 Å². The topological polar surface area (TPSA) is 91.9 Å². The number of ether oxygens (including phenoxy) is 3. The summed E-state index contributed by atoms with van der Waals surface area (Å²) in [6, 6.07) is 10.6. The molecule has 2 aliphatic heterocycles. The standard InChI is InChI=1S/C25H21FN4O3/c1-24(2,31-3)9-8-15-10-19-22(29-12-15)33-20-6-4-16(17-5-7-21(26)28-13-17)11-18(20)25(19)14-32-23(27)30-25/h4-7,10-13H,14H2,1-3H3,(H2,27,30)/t25-/m1/s1. The Morgan fingerprint density at radius 3 is 2.61 bits per heavy atom. The second-order valence-electron chi connectivity index (χ2n) is 8.32. The van der Waals surface area contributed by atoms with Gasteiger partial charge in [-0.3, -0.25) is 0 Å². The number of pyridine rings is 2. The van der Waals surface area contributed by atoms with Crippen LogP contribution >= 0.6 is 0 Å². The minimum atomic E-state index is -0.946. The van der Waals surface area contributed by atoms with Crippen molar-refractivity contribution in [1.82, 2.24) is 9.97 Å². The summed E-state index contributed by atoms with van der Waals surface area (Å²) in [5.74, 6) is 6.67. The summed E-state index contributed by atoms with van der Waals surface area (Å²) >= 11 is 0. The van der Waals surface area contributed by atoms with Crippen LogP contribution < -0.4 is 10.5 Å². The second kappa shape index (κ2) is 7.57. The Morgan fingerprint density at radius 2 is 1.91 bits per heavy atom. The van der Waals surface area contributed by atoms with E-state index in [0.717, 1.165) is 16.7 Å². The molecule has 4 heterocycles. The molecule has 8 heteroatoms. The largest absolute Gasteiger partial charge is 0.462 e. The minimum absolute atomic E-state index is 0.0830. The molecule has 0 aliphatic carbocycles. The first kappa shape index (κ1) is 20.9. The van der Waals surface area contributed by atoms with Gasteiger partial charge in [-0.05, 0) is 49.7 Å². The molecule has 0 fully saturated rings. The quantitative estimate of drug-likeness (QED) is 0.478. The lowest BCUT2D eigenvalue weighted by Gasteiger charge is -2.33. The van der Waals surface area contributed by atoms with Gasteiger partial charge < -0.3 is 19.9 Å². The van der Waals surface area contributed by atoms with Gasteiger partial charge in [-0.1, -0.05) is 17.9 Å². The van der Waals surface area contributed by atoms with Gasteiger partial charge in [0.05, 0.1) is 5.56 Å². The Bertz CT molecular complexity index is 1340. The molecule has 1 spiro atoms. The van der Waals surface area contributed by atoms with E-state index >= 15 is 0 Å². The fraction of sp³-hybridized carbons (Fsp3) is 0.240. The third-order valence-electron chi connectivity index (χ3n) is 5.74. The van der Waals surface area contributed by atoms with E-state index in [1.165, 1.54) is 12.3 Å². The molecular formula is C25H21FN4O3. The van der Waals surface area contributed by atoms with E-state index in [-0.39, 0.29) is 12.6 Å². The molecular weight excluding hydrogens is 423 g/mol. The highest BCUT2D eigenvalue weighted by atomic mass is 19.1. The van der Waals surface area contributed by atoms with Crippen LogP contribution in [0.25, 0.3) is 11.1 Å². The van der Waals surface area contributed by atoms with Gasteiger partial charge in [0.15, 0.2) is 5.54 Å². The minimum Gasteiger partial charge on any atom is -0.462 e. The summed E-state index contributed by atoms with van der Waals surface area (Å²) in [5.41, 5.74) is 8.16. The van der Waals surface area contributed by atoms with Gasteiger partial charge >= 0.3 is 0 Å². The van der Waals surface area contributed by atoms with Crippen molar-refractivity contribution in [2.24, 2.45) is 10.7 Å². The summed E-state index contributed by atoms with van der Waals surface area (Å²) in [7, 11) is 1.61. The number of rotatable bonds is 2. The number of benzene rings is 1. The molecule has 0 unspecified atom stereocenters. The fourth-order valence-electron chi connectivity index (χ4n) is 3.80. The number of amidine groups is 1. The molecule has 7 nitrogen and oxygen atoms in total. The van der Waals surface area contributed by atoms with Gasteiger partial charge in [0.1, 0.15) is 18.0 Å². The molecule has 0 amide bonds. The molecule has 0 saturated heterocycles. The lowest BCUT2D eigenvalue weighted by atomic mass is 9.81. The predicted octanol–water partition coefficient (Wildman–Crippen LogP) is 3.75. The van der Waals surface area contributed by atoms with Crippen molar-refractivity contribution in [2.45, 2.75) is 25.0 Å². The first-order valence-corrected chi connectivity index (χ1v) is 10.3. The lowest BCUT2D eigenvalue weighted by molar-refractivity contribution is 0.0741. The van der Waals surface area contributed by atoms with E-state index in [2.05, 4.69) is 26.8 Å². The van der Waals surface area contributed by atoms with Crippen molar-refractivity contribution in [3.05, 3.63) is 71.4 Å². The van der Waals surface area contributed by atoms with E-state index in [4.69, 9.17) is 19.9 Å². The molecule has 0 saturated carbocycles. The molecule has 2 aromatic heterocycles. The molecule has 2 aliphatic rings. The van der Waals surface area contributed by atoms with Crippen LogP contribution in [0.4, 0.5) is 4.39 Å². The molecule has 3 aromatic rings. The van der Waals surface area contributed by atoms with E-state index in [1.807, 2.05) is 38.1 Å². The Kier molecular flexibility index (Phi) is 4.80. The van der Waals surface area contributed by atoms with Crippen molar-refractivity contribution in [2.75, 3.05) is 13.7 Å². The first-order valence-electron chi connectivity index (χ1n) is 10.3. The predicted molar refractivity (Wildman–Crippen MR) is 120 cm³/mol. The van der Waals surface area contributed by atoms with Gasteiger partial charge in [0.25, 0.3) is 6.02 Å². The van der Waals surface area contributed by atoms with Crippen LogP contribution in [0.1, 0.15) is 30.5 Å². The van der Waals surface area contributed by atoms with E-state index in [0.29, 0.717) is 22.8 Å². The normalized spacial score (nSPS) is 18.4. The zero-order valence-electron chi connectivity index (χ0n) is 18.3. The van der Waals surface area contributed by atoms with Crippen molar-refractivity contribution in [1.29, 1.82) is 0 Å². The maximum absolute atomic E-state index is 13.3. The van der Waals surface area contributed by atoms with E-state index in [9.17, 15) is 4.39 Å². The number of fused-ring (bicyclic) bond motifs is 4. The van der Waals surface area contributed by atoms with Gasteiger partial charge in [0, 0.05) is 36.2 Å². The third kappa shape index (κ3) is 3.66. The lowest BCUT2D eigenvalue weighted by Crippen LogP contribution is -2.31. The molecule has 5 rings (SSSR count). The Balaban J connectivity index is 1.65. The van der Waals surface area contributed by atoms with Crippen molar-refractivity contribution >= 4 is 6.02 Å². The number of aromatic nitrogens is 2. The number of methoxy groups -OCH3 is 1. The van der Waals surface area contributed by atoms with Crippen LogP contribution in [0.15, 0.2) is 53.8 Å². The second-order valence-corrected chi connectivity index (χ2v) is 8.32. The van der Waals surface area contributed by atoms with Crippen LogP contribution in [0.3, 0.4) is 0 Å². The average molecular weight is 444 g/mol. The Hall–Kier alpha value is -3.96. The summed E-state index contributed by atoms with van der Waals surface area (Å²) in [6.07, 6.45) is 3.13. The first-order chi connectivity index (χ1) is 15.8. The van der Waals surface area contributed by atoms with Gasteiger partial charge in [-0.2, -0.15) is 4.39 Å². The van der Waals surface area contributed by atoms with Gasteiger partial charge in [-0.15, -0.1) is 0 Å². The number of hydrogen-bond acceptors (Lipinski definition) is 7. The van der Waals surface area contributed by atoms with Crippen LogP contribution in [0.2, 0.25) is 0 Å². The molecule has 2 N–H and O–H groups in total. The zero-order chi connectivity index (χ0) is 23.2. The van der Waals surface area contributed by atoms with Gasteiger partial charge in [-0.25, -0.2) is 15.0 Å². The summed E-state index contributed by atoms with van der Waals surface area (Å²) in [4.78, 5) is 12.9. The van der Waals surface area contributed by atoms with Crippen molar-refractivity contribution in [3.8, 4) is 34.6 Å². The number of nitrogens with zero attached hydrogens (tertiary/aromatic N) is 3. The highest BCUT2D eigenvalue weighted by molar-refractivity contribution is 5.77. The van der Waals surface area contributed by atoms with E-state index in [1.54, 1.807) is 19.4 Å². The number of nitrogens with two attached hydrogens (primary N) is 1. The van der Waals surface area contributed by atoms with E-state index < -0.39 is 17.1 Å². The molecule has 1 aromatic carbocycles. The molecule has 0 bridgehead atoms. The van der Waals surface area contributed by atoms with Gasteiger partial charge in [0.2, 0.25) is 11.8 Å². The summed E-state index contributed by atoms with van der Waals surface area (Å²) in [6.45, 7) is 3.96. The van der Waals surface area contributed by atoms with Crippen LogP contribution in [-0.2, 0) is 15.0 Å². The molecule has 166 valence electrons. The highest BCUT2D eigenvalue weighted by Crippen LogP contribution is 2.51. The van der Waals surface area contributed by atoms with Crippen molar-refractivity contribution < 1.29 is 18.6 Å². The van der Waals surface area contributed by atoms with Crippen molar-refractivity contribution in [3.63, 3.8) is 0 Å². The molecule has 33 heavy (non-hydrogen) atoms. The monoisotopic (exact) mass is 444 g/mol. The fourth-order valence-corrected chi connectivity index (χ4v) is 3.80. The van der Waals surface area contributed by atoms with Crippen LogP contribution in [-0.4, -0.2) is 35.3 Å². The maximum atomic E-state index is 13.3. The number of halogens is 1. The summed E-state index contributed by atoms with van der Waals surface area (Å²) < 4.78 is 30.4. The molecule has 0 radical (unpaired) electrons. The number of aliphatic imine (C=N–C) groups is 1. The summed E-state index contributed by atoms with van der Waals surface area (Å²) in [5, 5.41) is 0. The highest BCUT2D eigenvalue weighted by Gasteiger charge is 2.47. The smallest absolute Gasteiger partial charge is 0.283 e.